The molecule has 0 saturated carbocycles. The monoisotopic (exact) mass is 204 g/mol. The molecule has 1 aromatic carbocycles. The number of halogens is 3. The third-order valence-electron chi connectivity index (χ3n) is 1.75. The van der Waals surface area contributed by atoms with Crippen LogP contribution < -0.4 is 0 Å². The van der Waals surface area contributed by atoms with Crippen LogP contribution in [0.4, 0.5) is 13.2 Å². The number of carbonyl (C=O) groups excluding carboxylic acids is 1. The van der Waals surface area contributed by atoms with Crippen molar-refractivity contribution >= 4 is 6.29 Å². The van der Waals surface area contributed by atoms with Crippen LogP contribution in [0.1, 0.15) is 12.0 Å². The van der Waals surface area contributed by atoms with Crippen molar-refractivity contribution in [3.05, 3.63) is 29.1 Å². The minimum Gasteiger partial charge on any atom is -0.505 e. The first-order valence-electron chi connectivity index (χ1n) is 3.87. The lowest BCUT2D eigenvalue weighted by atomic mass is 10.1. The van der Waals surface area contributed by atoms with E-state index in [1.165, 1.54) is 0 Å². The number of benzene rings is 1. The lowest BCUT2D eigenvalue weighted by molar-refractivity contribution is -0.107. The molecular weight excluding hydrogens is 197 g/mol. The van der Waals surface area contributed by atoms with Gasteiger partial charge in [-0.25, -0.2) is 8.78 Å². The highest BCUT2D eigenvalue weighted by molar-refractivity contribution is 5.51. The van der Waals surface area contributed by atoms with Crippen LogP contribution in [0.5, 0.6) is 5.75 Å². The molecule has 0 bridgehead atoms. The lowest BCUT2D eigenvalue weighted by Gasteiger charge is -2.04. The molecule has 0 atom stereocenters. The van der Waals surface area contributed by atoms with Gasteiger partial charge in [-0.3, -0.25) is 0 Å². The predicted octanol–water partition coefficient (Wildman–Crippen LogP) is 1.94. The average molecular weight is 204 g/mol. The van der Waals surface area contributed by atoms with Gasteiger partial charge >= 0.3 is 0 Å². The van der Waals surface area contributed by atoms with E-state index < -0.39 is 23.2 Å². The van der Waals surface area contributed by atoms with Crippen LogP contribution in [-0.2, 0) is 11.2 Å². The van der Waals surface area contributed by atoms with Gasteiger partial charge in [0.15, 0.2) is 17.4 Å². The molecule has 1 N–H and O–H groups in total. The second kappa shape index (κ2) is 4.13. The first-order chi connectivity index (χ1) is 6.57. The zero-order valence-electron chi connectivity index (χ0n) is 7.06. The molecule has 0 aliphatic rings. The molecule has 0 spiro atoms. The van der Waals surface area contributed by atoms with Crippen LogP contribution in [0, 0.1) is 17.5 Å². The summed E-state index contributed by atoms with van der Waals surface area (Å²) >= 11 is 0. The van der Waals surface area contributed by atoms with Crippen molar-refractivity contribution in [1.29, 1.82) is 0 Å². The van der Waals surface area contributed by atoms with Crippen LogP contribution in [0.15, 0.2) is 6.07 Å². The van der Waals surface area contributed by atoms with Gasteiger partial charge in [0, 0.05) is 12.0 Å². The fraction of sp³-hybridized carbons (Fsp3) is 0.222. The summed E-state index contributed by atoms with van der Waals surface area (Å²) in [6.45, 7) is 0. The van der Waals surface area contributed by atoms with Crippen LogP contribution in [-0.4, -0.2) is 11.4 Å². The summed E-state index contributed by atoms with van der Waals surface area (Å²) in [6, 6.07) is 0.678. The van der Waals surface area contributed by atoms with E-state index in [0.29, 0.717) is 12.4 Å². The number of rotatable bonds is 3. The van der Waals surface area contributed by atoms with Crippen molar-refractivity contribution in [3.63, 3.8) is 0 Å². The number of aromatic hydroxyl groups is 1. The van der Waals surface area contributed by atoms with E-state index >= 15 is 0 Å². The molecule has 0 amide bonds. The Hall–Kier alpha value is -1.52. The minimum atomic E-state index is -1.71. The Kier molecular flexibility index (Phi) is 3.11. The normalized spacial score (nSPS) is 10.2. The molecule has 0 radical (unpaired) electrons. The first-order valence-corrected chi connectivity index (χ1v) is 3.87. The maximum absolute atomic E-state index is 12.7. The van der Waals surface area contributed by atoms with E-state index in [1.54, 1.807) is 0 Å². The van der Waals surface area contributed by atoms with Gasteiger partial charge in [0.25, 0.3) is 0 Å². The van der Waals surface area contributed by atoms with Crippen molar-refractivity contribution in [2.75, 3.05) is 0 Å². The number of hydrogen-bond acceptors (Lipinski definition) is 2. The number of phenolic OH excluding ortho intramolecular Hbond substituents is 1. The fourth-order valence-corrected chi connectivity index (χ4v) is 1.04. The van der Waals surface area contributed by atoms with Crippen molar-refractivity contribution in [3.8, 4) is 5.75 Å². The Morgan fingerprint density at radius 1 is 1.29 bits per heavy atom. The number of carbonyl (C=O) groups is 1. The quantitative estimate of drug-likeness (QED) is 0.603. The molecule has 0 aromatic heterocycles. The van der Waals surface area contributed by atoms with Crippen LogP contribution in [0.3, 0.4) is 0 Å². The van der Waals surface area contributed by atoms with Crippen molar-refractivity contribution in [1.82, 2.24) is 0 Å². The van der Waals surface area contributed by atoms with Gasteiger partial charge in [-0.2, -0.15) is 4.39 Å². The highest BCUT2D eigenvalue weighted by atomic mass is 19.2. The van der Waals surface area contributed by atoms with Gasteiger partial charge < -0.3 is 9.90 Å². The van der Waals surface area contributed by atoms with E-state index in [2.05, 4.69) is 0 Å². The second-order valence-corrected chi connectivity index (χ2v) is 2.70. The zero-order chi connectivity index (χ0) is 10.7. The molecular formula is C9H7F3O2. The number of aryl methyl sites for hydroxylation is 1. The summed E-state index contributed by atoms with van der Waals surface area (Å²) in [5.74, 6) is -5.64. The summed E-state index contributed by atoms with van der Waals surface area (Å²) < 4.78 is 37.9. The summed E-state index contributed by atoms with van der Waals surface area (Å²) in [7, 11) is 0. The van der Waals surface area contributed by atoms with Gasteiger partial charge in [-0.15, -0.1) is 0 Å². The van der Waals surface area contributed by atoms with E-state index in [-0.39, 0.29) is 18.4 Å². The average Bonchev–Trinajstić information content (AvgIpc) is 2.18. The Balaban J connectivity index is 3.12. The molecule has 1 aromatic rings. The summed E-state index contributed by atoms with van der Waals surface area (Å²) in [6.07, 6.45) is 0.528. The molecule has 0 aliphatic heterocycles. The smallest absolute Gasteiger partial charge is 0.203 e. The van der Waals surface area contributed by atoms with E-state index in [4.69, 9.17) is 5.11 Å². The number of phenols is 1. The van der Waals surface area contributed by atoms with Gasteiger partial charge in [0.1, 0.15) is 6.29 Å². The Morgan fingerprint density at radius 2 is 1.93 bits per heavy atom. The van der Waals surface area contributed by atoms with Gasteiger partial charge in [-0.05, 0) is 12.5 Å². The minimum absolute atomic E-state index is 0.0120. The molecule has 0 aliphatic carbocycles. The molecule has 1 rings (SSSR count). The molecule has 2 nitrogen and oxygen atoms in total. The van der Waals surface area contributed by atoms with Gasteiger partial charge in [0.2, 0.25) is 5.82 Å². The van der Waals surface area contributed by atoms with E-state index in [1.807, 2.05) is 0 Å². The number of aldehydes is 1. The molecule has 5 heteroatoms. The summed E-state index contributed by atoms with van der Waals surface area (Å²) in [4.78, 5) is 9.98. The Labute approximate surface area is 78.0 Å². The first kappa shape index (κ1) is 10.6. The van der Waals surface area contributed by atoms with Crippen molar-refractivity contribution in [2.45, 2.75) is 12.8 Å². The largest absolute Gasteiger partial charge is 0.505 e. The summed E-state index contributed by atoms with van der Waals surface area (Å²) in [5, 5.41) is 9.03. The third-order valence-corrected chi connectivity index (χ3v) is 1.75. The summed E-state index contributed by atoms with van der Waals surface area (Å²) in [5.41, 5.74) is -0.117. The molecule has 14 heavy (non-hydrogen) atoms. The highest BCUT2D eigenvalue weighted by Crippen LogP contribution is 2.26. The van der Waals surface area contributed by atoms with Gasteiger partial charge in [-0.1, -0.05) is 0 Å². The molecule has 0 unspecified atom stereocenters. The fourth-order valence-electron chi connectivity index (χ4n) is 1.04. The molecule has 76 valence electrons. The molecule has 0 fully saturated rings. The molecule has 0 heterocycles. The Morgan fingerprint density at radius 3 is 2.50 bits per heavy atom. The molecule has 0 saturated heterocycles. The Bertz CT molecular complexity index is 364. The van der Waals surface area contributed by atoms with Gasteiger partial charge in [0.05, 0.1) is 0 Å². The maximum Gasteiger partial charge on any atom is 0.203 e. The maximum atomic E-state index is 12.7. The van der Waals surface area contributed by atoms with Crippen molar-refractivity contribution < 1.29 is 23.1 Å². The number of hydrogen-bond donors (Lipinski definition) is 1. The lowest BCUT2D eigenvalue weighted by Crippen LogP contribution is -1.97. The standard InChI is InChI=1S/C9H7F3O2/c10-6-4-5(2-1-3-13)9(14)8(12)7(6)11/h3-4,14H,1-2H2. The predicted molar refractivity (Wildman–Crippen MR) is 42.4 cm³/mol. The topological polar surface area (TPSA) is 37.3 Å². The van der Waals surface area contributed by atoms with Crippen molar-refractivity contribution in [2.24, 2.45) is 0 Å². The van der Waals surface area contributed by atoms with Crippen LogP contribution >= 0.6 is 0 Å². The van der Waals surface area contributed by atoms with Crippen LogP contribution in [0.25, 0.3) is 0 Å². The van der Waals surface area contributed by atoms with E-state index in [0.717, 1.165) is 0 Å². The highest BCUT2D eigenvalue weighted by Gasteiger charge is 2.17. The SMILES string of the molecule is O=CCCc1cc(F)c(F)c(F)c1O. The van der Waals surface area contributed by atoms with Crippen LogP contribution in [0.2, 0.25) is 0 Å². The van der Waals surface area contributed by atoms with E-state index in [9.17, 15) is 18.0 Å². The second-order valence-electron chi connectivity index (χ2n) is 2.70. The zero-order valence-corrected chi connectivity index (χ0v) is 7.06. The third kappa shape index (κ3) is 1.86.